The molecule has 0 atom stereocenters. The summed E-state index contributed by atoms with van der Waals surface area (Å²) in [7, 11) is -0.297. The molecular formula is C12H14F2N2O2S. The topological polar surface area (TPSA) is 49.4 Å². The summed E-state index contributed by atoms with van der Waals surface area (Å²) >= 11 is 0. The zero-order valence-electron chi connectivity index (χ0n) is 10.6. The van der Waals surface area contributed by atoms with Crippen LogP contribution in [0.5, 0.6) is 0 Å². The van der Waals surface area contributed by atoms with Gasteiger partial charge in [-0.25, -0.2) is 17.2 Å². The second kappa shape index (κ2) is 6.61. The summed E-state index contributed by atoms with van der Waals surface area (Å²) in [4.78, 5) is 1.36. The van der Waals surface area contributed by atoms with Crippen molar-refractivity contribution in [2.24, 2.45) is 0 Å². The van der Waals surface area contributed by atoms with Gasteiger partial charge in [-0.05, 0) is 26.2 Å². The molecule has 0 spiro atoms. The molecule has 1 aromatic carbocycles. The minimum Gasteiger partial charge on any atom is -0.299 e. The molecule has 0 aliphatic heterocycles. The fourth-order valence-corrected chi connectivity index (χ4v) is 2.14. The zero-order valence-corrected chi connectivity index (χ0v) is 11.4. The summed E-state index contributed by atoms with van der Waals surface area (Å²) in [6.45, 7) is 0.380. The van der Waals surface area contributed by atoms with E-state index in [1.165, 1.54) is 0 Å². The van der Waals surface area contributed by atoms with Crippen molar-refractivity contribution in [2.75, 3.05) is 27.2 Å². The monoisotopic (exact) mass is 288 g/mol. The van der Waals surface area contributed by atoms with Crippen molar-refractivity contribution >= 4 is 10.0 Å². The molecule has 0 fully saturated rings. The average molecular weight is 288 g/mol. The number of hydrogen-bond acceptors (Lipinski definition) is 3. The number of nitrogens with one attached hydrogen (secondary N) is 1. The third kappa shape index (κ3) is 5.34. The van der Waals surface area contributed by atoms with Crippen LogP contribution in [0, 0.1) is 23.5 Å². The lowest BCUT2D eigenvalue weighted by Gasteiger charge is -2.04. The van der Waals surface area contributed by atoms with E-state index in [0.717, 1.165) is 12.1 Å². The molecule has 0 saturated heterocycles. The molecule has 0 saturated carbocycles. The van der Waals surface area contributed by atoms with Crippen LogP contribution in [0.2, 0.25) is 0 Å². The summed E-state index contributed by atoms with van der Waals surface area (Å²) in [5.74, 6) is 3.44. The number of sulfonamides is 1. The van der Waals surface area contributed by atoms with Crippen molar-refractivity contribution in [2.45, 2.75) is 4.90 Å². The molecule has 7 heteroatoms. The average Bonchev–Trinajstić information content (AvgIpc) is 2.26. The molecule has 0 aromatic heterocycles. The Hall–Kier alpha value is -1.49. The van der Waals surface area contributed by atoms with Gasteiger partial charge >= 0.3 is 0 Å². The van der Waals surface area contributed by atoms with E-state index in [0.29, 0.717) is 12.6 Å². The van der Waals surface area contributed by atoms with Gasteiger partial charge in [0.25, 0.3) is 0 Å². The number of rotatable bonds is 4. The smallest absolute Gasteiger partial charge is 0.241 e. The van der Waals surface area contributed by atoms with E-state index in [2.05, 4.69) is 16.6 Å². The van der Waals surface area contributed by atoms with Crippen LogP contribution < -0.4 is 4.72 Å². The Morgan fingerprint density at radius 1 is 1.16 bits per heavy atom. The highest BCUT2D eigenvalue weighted by atomic mass is 32.2. The highest BCUT2D eigenvalue weighted by Gasteiger charge is 2.15. The van der Waals surface area contributed by atoms with Crippen LogP contribution in [0.25, 0.3) is 0 Å². The highest BCUT2D eigenvalue weighted by molar-refractivity contribution is 7.89. The zero-order chi connectivity index (χ0) is 14.5. The molecule has 0 heterocycles. The summed E-state index contributed by atoms with van der Waals surface area (Å²) in [5.41, 5.74) is 0. The molecule has 1 aromatic rings. The van der Waals surface area contributed by atoms with E-state index >= 15 is 0 Å². The summed E-state index contributed by atoms with van der Waals surface area (Å²) in [6.07, 6.45) is 0. The van der Waals surface area contributed by atoms with Gasteiger partial charge in [-0.2, -0.15) is 4.72 Å². The number of benzene rings is 1. The minimum atomic E-state index is -3.95. The van der Waals surface area contributed by atoms with E-state index in [1.54, 1.807) is 0 Å². The van der Waals surface area contributed by atoms with Gasteiger partial charge in [0.2, 0.25) is 10.0 Å². The fraction of sp³-hybridized carbons (Fsp3) is 0.333. The maximum absolute atomic E-state index is 12.9. The van der Waals surface area contributed by atoms with E-state index < -0.39 is 26.6 Å². The molecule has 0 aliphatic carbocycles. The molecule has 1 rings (SSSR count). The number of nitrogens with zero attached hydrogens (tertiary/aromatic N) is 1. The van der Waals surface area contributed by atoms with Gasteiger partial charge in [0.1, 0.15) is 11.6 Å². The largest absolute Gasteiger partial charge is 0.299 e. The summed E-state index contributed by atoms with van der Waals surface area (Å²) in [5, 5.41) is 0. The molecule has 4 nitrogen and oxygen atoms in total. The summed E-state index contributed by atoms with van der Waals surface area (Å²) < 4.78 is 51.4. The van der Waals surface area contributed by atoms with Crippen LogP contribution in [0.1, 0.15) is 0 Å². The van der Waals surface area contributed by atoms with Gasteiger partial charge in [0.05, 0.1) is 18.0 Å². The Morgan fingerprint density at radius 2 is 1.74 bits per heavy atom. The first-order valence-corrected chi connectivity index (χ1v) is 6.86. The molecule has 0 bridgehead atoms. The molecular weight excluding hydrogens is 274 g/mol. The van der Waals surface area contributed by atoms with E-state index in [1.807, 2.05) is 19.0 Å². The lowest BCUT2D eigenvalue weighted by Crippen LogP contribution is -2.24. The maximum Gasteiger partial charge on any atom is 0.241 e. The van der Waals surface area contributed by atoms with E-state index in [-0.39, 0.29) is 6.54 Å². The van der Waals surface area contributed by atoms with Crippen LogP contribution in [0.15, 0.2) is 23.1 Å². The lowest BCUT2D eigenvalue weighted by atomic mass is 10.3. The Kier molecular flexibility index (Phi) is 5.42. The van der Waals surface area contributed by atoms with Crippen LogP contribution in [-0.4, -0.2) is 40.5 Å². The van der Waals surface area contributed by atoms with Gasteiger partial charge in [-0.1, -0.05) is 11.8 Å². The normalized spacial score (nSPS) is 11.2. The summed E-state index contributed by atoms with van der Waals surface area (Å²) in [6, 6.07) is 2.10. The van der Waals surface area contributed by atoms with Gasteiger partial charge in [0.15, 0.2) is 0 Å². The van der Waals surface area contributed by atoms with Crippen molar-refractivity contribution in [1.29, 1.82) is 0 Å². The number of hydrogen-bond donors (Lipinski definition) is 1. The predicted molar refractivity (Wildman–Crippen MR) is 67.9 cm³/mol. The molecule has 0 unspecified atom stereocenters. The second-order valence-corrected chi connectivity index (χ2v) is 5.79. The van der Waals surface area contributed by atoms with Crippen molar-refractivity contribution in [3.8, 4) is 11.8 Å². The molecule has 0 radical (unpaired) electrons. The number of halogens is 2. The van der Waals surface area contributed by atoms with Crippen molar-refractivity contribution in [3.63, 3.8) is 0 Å². The first-order chi connectivity index (χ1) is 8.81. The van der Waals surface area contributed by atoms with Gasteiger partial charge in [-0.3, -0.25) is 4.90 Å². The third-order valence-electron chi connectivity index (χ3n) is 2.02. The Labute approximate surface area is 111 Å². The van der Waals surface area contributed by atoms with Crippen LogP contribution in [0.3, 0.4) is 0 Å². The standard InChI is InChI=1S/C12H14F2N2O2S/c1-16(2)6-4-3-5-15-19(17,18)12-8-10(13)7-11(14)9-12/h7-9,15H,5-6H2,1-2H3. The third-order valence-corrected chi connectivity index (χ3v) is 3.40. The minimum absolute atomic E-state index is 0.117. The Balaban J connectivity index is 2.73. The van der Waals surface area contributed by atoms with E-state index in [4.69, 9.17) is 0 Å². The van der Waals surface area contributed by atoms with E-state index in [9.17, 15) is 17.2 Å². The molecule has 0 aliphatic rings. The lowest BCUT2D eigenvalue weighted by molar-refractivity contribution is 0.463. The first kappa shape index (κ1) is 15.6. The van der Waals surface area contributed by atoms with Crippen molar-refractivity contribution in [3.05, 3.63) is 29.8 Å². The predicted octanol–water partition coefficient (Wildman–Crippen LogP) is 0.808. The SMILES string of the molecule is CN(C)CC#CCNS(=O)(=O)c1cc(F)cc(F)c1. The van der Waals surface area contributed by atoms with Crippen LogP contribution >= 0.6 is 0 Å². The van der Waals surface area contributed by atoms with Gasteiger partial charge in [-0.15, -0.1) is 0 Å². The van der Waals surface area contributed by atoms with Crippen molar-refractivity contribution < 1.29 is 17.2 Å². The van der Waals surface area contributed by atoms with Crippen LogP contribution in [-0.2, 0) is 10.0 Å². The highest BCUT2D eigenvalue weighted by Crippen LogP contribution is 2.12. The quantitative estimate of drug-likeness (QED) is 0.834. The van der Waals surface area contributed by atoms with Gasteiger partial charge in [0, 0.05) is 6.07 Å². The Morgan fingerprint density at radius 3 is 2.26 bits per heavy atom. The molecule has 104 valence electrons. The van der Waals surface area contributed by atoms with Crippen LogP contribution in [0.4, 0.5) is 8.78 Å². The van der Waals surface area contributed by atoms with Gasteiger partial charge < -0.3 is 0 Å². The molecule has 0 amide bonds. The maximum atomic E-state index is 12.9. The first-order valence-electron chi connectivity index (χ1n) is 5.37. The fourth-order valence-electron chi connectivity index (χ4n) is 1.17. The van der Waals surface area contributed by atoms with Crippen molar-refractivity contribution in [1.82, 2.24) is 9.62 Å². The second-order valence-electron chi connectivity index (χ2n) is 4.02. The molecule has 19 heavy (non-hydrogen) atoms. The molecule has 1 N–H and O–H groups in total. The Bertz CT molecular complexity index is 584.